The maximum atomic E-state index is 5.84. The van der Waals surface area contributed by atoms with E-state index in [-0.39, 0.29) is 5.28 Å². The molecular formula is C12H12BrClN4. The summed E-state index contributed by atoms with van der Waals surface area (Å²) >= 11 is 9.28. The van der Waals surface area contributed by atoms with E-state index in [0.29, 0.717) is 6.54 Å². The molecule has 2 heterocycles. The van der Waals surface area contributed by atoms with E-state index in [0.717, 1.165) is 22.5 Å². The predicted molar refractivity (Wildman–Crippen MR) is 75.7 cm³/mol. The molecule has 0 fully saturated rings. The van der Waals surface area contributed by atoms with Gasteiger partial charge in [0.1, 0.15) is 5.82 Å². The van der Waals surface area contributed by atoms with Crippen LogP contribution in [-0.2, 0) is 6.54 Å². The summed E-state index contributed by atoms with van der Waals surface area (Å²) in [7, 11) is 0. The van der Waals surface area contributed by atoms with Gasteiger partial charge in [-0.3, -0.25) is 4.98 Å². The molecule has 2 aromatic rings. The van der Waals surface area contributed by atoms with Crippen LogP contribution in [0.3, 0.4) is 0 Å². The topological polar surface area (TPSA) is 41.9 Å². The summed E-state index contributed by atoms with van der Waals surface area (Å²) < 4.78 is 0.824. The maximum absolute atomic E-state index is 5.84. The van der Waals surface area contributed by atoms with Crippen molar-refractivity contribution >= 4 is 33.3 Å². The molecule has 2 rings (SSSR count). The minimum Gasteiger partial charge on any atom is -0.350 e. The first-order valence-electron chi connectivity index (χ1n) is 5.53. The van der Waals surface area contributed by atoms with Crippen LogP contribution in [0.5, 0.6) is 0 Å². The van der Waals surface area contributed by atoms with E-state index in [1.165, 1.54) is 0 Å². The molecular weight excluding hydrogens is 316 g/mol. The van der Waals surface area contributed by atoms with Gasteiger partial charge in [-0.1, -0.05) is 6.07 Å². The average Bonchev–Trinajstić information content (AvgIpc) is 2.40. The number of hydrogen-bond donors (Lipinski definition) is 0. The van der Waals surface area contributed by atoms with Crippen molar-refractivity contribution in [1.82, 2.24) is 15.0 Å². The first-order valence-corrected chi connectivity index (χ1v) is 6.70. The number of halogens is 2. The van der Waals surface area contributed by atoms with Gasteiger partial charge in [0.2, 0.25) is 5.28 Å². The highest BCUT2D eigenvalue weighted by atomic mass is 79.9. The van der Waals surface area contributed by atoms with Gasteiger partial charge in [0.25, 0.3) is 0 Å². The van der Waals surface area contributed by atoms with Crippen LogP contribution in [-0.4, -0.2) is 21.5 Å². The molecule has 94 valence electrons. The zero-order valence-corrected chi connectivity index (χ0v) is 12.2. The molecule has 0 amide bonds. The Morgan fingerprint density at radius 2 is 2.17 bits per heavy atom. The molecule has 0 saturated heterocycles. The van der Waals surface area contributed by atoms with Crippen molar-refractivity contribution in [2.24, 2.45) is 0 Å². The van der Waals surface area contributed by atoms with Gasteiger partial charge in [0.05, 0.1) is 16.7 Å². The molecule has 0 radical (unpaired) electrons. The fourth-order valence-electron chi connectivity index (χ4n) is 1.58. The van der Waals surface area contributed by atoms with E-state index in [2.05, 4.69) is 42.7 Å². The number of pyridine rings is 1. The second-order valence-electron chi connectivity index (χ2n) is 3.65. The number of hydrogen-bond acceptors (Lipinski definition) is 4. The molecule has 0 aliphatic rings. The van der Waals surface area contributed by atoms with Gasteiger partial charge in [-0.05, 0) is 46.6 Å². The van der Waals surface area contributed by atoms with Crippen LogP contribution in [0.4, 0.5) is 5.82 Å². The average molecular weight is 328 g/mol. The predicted octanol–water partition coefficient (Wildman–Crippen LogP) is 3.31. The zero-order chi connectivity index (χ0) is 13.0. The van der Waals surface area contributed by atoms with Gasteiger partial charge < -0.3 is 4.90 Å². The fourth-order valence-corrected chi connectivity index (χ4v) is 2.15. The molecule has 6 heteroatoms. The molecule has 2 aromatic heterocycles. The number of aromatic nitrogens is 3. The van der Waals surface area contributed by atoms with Crippen molar-refractivity contribution in [2.45, 2.75) is 13.5 Å². The molecule has 0 unspecified atom stereocenters. The Kier molecular flexibility index (Phi) is 4.49. The minimum atomic E-state index is 0.243. The van der Waals surface area contributed by atoms with Gasteiger partial charge in [-0.25, -0.2) is 4.98 Å². The summed E-state index contributed by atoms with van der Waals surface area (Å²) in [4.78, 5) is 14.6. The Bertz CT molecular complexity index is 521. The van der Waals surface area contributed by atoms with Crippen LogP contribution in [0.25, 0.3) is 0 Å². The third-order valence-corrected chi connectivity index (χ3v) is 3.20. The first kappa shape index (κ1) is 13.2. The number of anilines is 1. The second kappa shape index (κ2) is 6.11. The molecule has 0 saturated carbocycles. The summed E-state index contributed by atoms with van der Waals surface area (Å²) in [6, 6.07) is 5.86. The van der Waals surface area contributed by atoms with E-state index >= 15 is 0 Å². The summed E-state index contributed by atoms with van der Waals surface area (Å²) in [5, 5.41) is 0.243. The Hall–Kier alpha value is -1.20. The largest absolute Gasteiger partial charge is 0.350 e. The van der Waals surface area contributed by atoms with E-state index in [4.69, 9.17) is 11.6 Å². The zero-order valence-electron chi connectivity index (χ0n) is 9.85. The second-order valence-corrected chi connectivity index (χ2v) is 4.84. The van der Waals surface area contributed by atoms with Crippen molar-refractivity contribution in [3.63, 3.8) is 0 Å². The first-order chi connectivity index (χ1) is 8.70. The molecule has 0 atom stereocenters. The molecule has 0 bridgehead atoms. The molecule has 0 spiro atoms. The van der Waals surface area contributed by atoms with Gasteiger partial charge >= 0.3 is 0 Å². The maximum Gasteiger partial charge on any atom is 0.224 e. The standard InChI is InChI=1S/C12H12BrClN4/c1-2-18(8-9-5-3-4-6-15-9)11-10(13)7-16-12(14)17-11/h3-7H,2,8H2,1H3. The SMILES string of the molecule is CCN(Cc1ccccn1)c1nc(Cl)ncc1Br. The third kappa shape index (κ3) is 3.17. The highest BCUT2D eigenvalue weighted by molar-refractivity contribution is 9.10. The van der Waals surface area contributed by atoms with E-state index in [1.807, 2.05) is 18.2 Å². The lowest BCUT2D eigenvalue weighted by atomic mass is 10.3. The van der Waals surface area contributed by atoms with Gasteiger partial charge in [-0.15, -0.1) is 0 Å². The Balaban J connectivity index is 2.26. The van der Waals surface area contributed by atoms with Gasteiger partial charge in [0.15, 0.2) is 0 Å². The lowest BCUT2D eigenvalue weighted by Crippen LogP contribution is -2.24. The van der Waals surface area contributed by atoms with Crippen LogP contribution in [0.2, 0.25) is 5.28 Å². The molecule has 18 heavy (non-hydrogen) atoms. The van der Waals surface area contributed by atoms with Crippen molar-refractivity contribution in [2.75, 3.05) is 11.4 Å². The summed E-state index contributed by atoms with van der Waals surface area (Å²) in [5.74, 6) is 0.781. The van der Waals surface area contributed by atoms with Gasteiger partial charge in [0, 0.05) is 18.9 Å². The fraction of sp³-hybridized carbons (Fsp3) is 0.250. The van der Waals surface area contributed by atoms with Crippen molar-refractivity contribution in [3.8, 4) is 0 Å². The van der Waals surface area contributed by atoms with Crippen LogP contribution in [0, 0.1) is 0 Å². The lowest BCUT2D eigenvalue weighted by Gasteiger charge is -2.22. The van der Waals surface area contributed by atoms with Gasteiger partial charge in [-0.2, -0.15) is 4.98 Å². The Morgan fingerprint density at radius 3 is 2.83 bits per heavy atom. The quantitative estimate of drug-likeness (QED) is 0.808. The highest BCUT2D eigenvalue weighted by Crippen LogP contribution is 2.25. The molecule has 0 aliphatic carbocycles. The Labute approximate surface area is 119 Å². The number of rotatable bonds is 4. The summed E-state index contributed by atoms with van der Waals surface area (Å²) in [6.07, 6.45) is 3.44. The summed E-state index contributed by atoms with van der Waals surface area (Å²) in [5.41, 5.74) is 0.987. The van der Waals surface area contributed by atoms with Crippen molar-refractivity contribution in [1.29, 1.82) is 0 Å². The molecule has 0 N–H and O–H groups in total. The van der Waals surface area contributed by atoms with E-state index in [1.54, 1.807) is 12.4 Å². The van der Waals surface area contributed by atoms with Crippen LogP contribution in [0.1, 0.15) is 12.6 Å². The minimum absolute atomic E-state index is 0.243. The van der Waals surface area contributed by atoms with Crippen molar-refractivity contribution < 1.29 is 0 Å². The normalized spacial score (nSPS) is 10.4. The van der Waals surface area contributed by atoms with E-state index < -0.39 is 0 Å². The third-order valence-electron chi connectivity index (χ3n) is 2.46. The van der Waals surface area contributed by atoms with Crippen LogP contribution < -0.4 is 4.90 Å². The summed E-state index contributed by atoms with van der Waals surface area (Å²) in [6.45, 7) is 3.55. The smallest absolute Gasteiger partial charge is 0.224 e. The Morgan fingerprint density at radius 1 is 1.33 bits per heavy atom. The van der Waals surface area contributed by atoms with Crippen molar-refractivity contribution in [3.05, 3.63) is 46.0 Å². The molecule has 0 aromatic carbocycles. The monoisotopic (exact) mass is 326 g/mol. The molecule has 4 nitrogen and oxygen atoms in total. The lowest BCUT2D eigenvalue weighted by molar-refractivity contribution is 0.788. The highest BCUT2D eigenvalue weighted by Gasteiger charge is 2.12. The van der Waals surface area contributed by atoms with Crippen LogP contribution >= 0.6 is 27.5 Å². The van der Waals surface area contributed by atoms with Crippen LogP contribution in [0.15, 0.2) is 35.1 Å². The molecule has 0 aliphatic heterocycles. The van der Waals surface area contributed by atoms with E-state index in [9.17, 15) is 0 Å². The number of nitrogens with zero attached hydrogens (tertiary/aromatic N) is 4.